The highest BCUT2D eigenvalue weighted by Crippen LogP contribution is 2.55. The zero-order chi connectivity index (χ0) is 25.8. The summed E-state index contributed by atoms with van der Waals surface area (Å²) in [5.74, 6) is 2.82. The van der Waals surface area contributed by atoms with E-state index in [9.17, 15) is 9.59 Å². The maximum atomic E-state index is 13.6. The Morgan fingerprint density at radius 1 is 1.05 bits per heavy atom. The molecule has 2 N–H and O–H groups in total. The van der Waals surface area contributed by atoms with Crippen LogP contribution in [0.1, 0.15) is 88.5 Å². The summed E-state index contributed by atoms with van der Waals surface area (Å²) in [4.78, 5) is 33.1. The number of ether oxygens (including phenoxy) is 1. The van der Waals surface area contributed by atoms with Crippen LogP contribution in [0.15, 0.2) is 24.4 Å². The van der Waals surface area contributed by atoms with Crippen molar-refractivity contribution in [3.63, 3.8) is 0 Å². The average molecular weight is 508 g/mol. The minimum atomic E-state index is -0.493. The first kappa shape index (κ1) is 24.7. The van der Waals surface area contributed by atoms with Crippen molar-refractivity contribution in [3.8, 4) is 0 Å². The first-order valence-corrected chi connectivity index (χ1v) is 14.2. The average Bonchev–Trinajstić information content (AvgIpc) is 3.16. The second kappa shape index (κ2) is 9.29. The van der Waals surface area contributed by atoms with Crippen molar-refractivity contribution in [2.75, 3.05) is 13.1 Å². The molecule has 7 rings (SSSR count). The summed E-state index contributed by atoms with van der Waals surface area (Å²) in [5.41, 5.74) is 1.41. The summed E-state index contributed by atoms with van der Waals surface area (Å²) in [5, 5.41) is 6.51. The maximum absolute atomic E-state index is 13.6. The number of rotatable bonds is 5. The summed E-state index contributed by atoms with van der Waals surface area (Å²) in [6.45, 7) is 8.05. The van der Waals surface area contributed by atoms with E-state index in [2.05, 4.69) is 21.6 Å². The van der Waals surface area contributed by atoms with E-state index in [1.807, 2.05) is 43.5 Å². The van der Waals surface area contributed by atoms with Crippen LogP contribution in [0, 0.1) is 17.8 Å². The molecule has 200 valence electrons. The molecule has 4 saturated carbocycles. The number of aromatic nitrogens is 2. The fourth-order valence-corrected chi connectivity index (χ4v) is 7.86. The third-order valence-electron chi connectivity index (χ3n) is 8.93. The fourth-order valence-electron chi connectivity index (χ4n) is 7.86. The lowest BCUT2D eigenvalue weighted by Crippen LogP contribution is -2.60. The number of hydrogen-bond acceptors (Lipinski definition) is 5. The zero-order valence-corrected chi connectivity index (χ0v) is 22.5. The van der Waals surface area contributed by atoms with E-state index >= 15 is 0 Å². The number of carbonyl (C=O) groups excluding carboxylic acids is 2. The van der Waals surface area contributed by atoms with Crippen molar-refractivity contribution >= 4 is 17.5 Å². The highest BCUT2D eigenvalue weighted by Gasteiger charge is 2.51. The SMILES string of the molecule is CC(C)(C)OC(=O)NC1CCN(Cc2nc(C(=O)NC34CC5CC(CC(C5)C3)C4)n3ccccc23)CC1. The Balaban J connectivity index is 1.12. The molecule has 8 heteroatoms. The minimum Gasteiger partial charge on any atom is -0.444 e. The molecule has 3 heterocycles. The normalized spacial score (nSPS) is 30.0. The van der Waals surface area contributed by atoms with Crippen LogP contribution in [-0.4, -0.2) is 56.6 Å². The van der Waals surface area contributed by atoms with Gasteiger partial charge in [0.25, 0.3) is 5.91 Å². The first-order valence-electron chi connectivity index (χ1n) is 14.2. The molecule has 1 aliphatic heterocycles. The topological polar surface area (TPSA) is 88.0 Å². The molecule has 2 aromatic heterocycles. The Morgan fingerprint density at radius 3 is 2.32 bits per heavy atom. The molecule has 1 saturated heterocycles. The van der Waals surface area contributed by atoms with E-state index < -0.39 is 5.60 Å². The second-order valence-electron chi connectivity index (χ2n) is 13.2. The van der Waals surface area contributed by atoms with Crippen LogP contribution < -0.4 is 10.6 Å². The molecule has 0 atom stereocenters. The van der Waals surface area contributed by atoms with Gasteiger partial charge in [0.1, 0.15) is 5.60 Å². The summed E-state index contributed by atoms with van der Waals surface area (Å²) in [6.07, 6.45) is 10.8. The van der Waals surface area contributed by atoms with Gasteiger partial charge in [-0.3, -0.25) is 14.1 Å². The number of likely N-dealkylation sites (tertiary alicyclic amines) is 1. The molecule has 37 heavy (non-hydrogen) atoms. The number of piperidine rings is 1. The second-order valence-corrected chi connectivity index (χ2v) is 13.2. The van der Waals surface area contributed by atoms with Gasteiger partial charge in [0.2, 0.25) is 5.82 Å². The van der Waals surface area contributed by atoms with Crippen LogP contribution in [0.3, 0.4) is 0 Å². The highest BCUT2D eigenvalue weighted by molar-refractivity contribution is 5.92. The number of pyridine rings is 1. The number of amides is 2. The van der Waals surface area contributed by atoms with Gasteiger partial charge >= 0.3 is 6.09 Å². The van der Waals surface area contributed by atoms with Gasteiger partial charge in [-0.25, -0.2) is 9.78 Å². The number of alkyl carbamates (subject to hydrolysis) is 1. The number of fused-ring (bicyclic) bond motifs is 1. The lowest BCUT2D eigenvalue weighted by Gasteiger charge is -2.56. The molecule has 4 aliphatic carbocycles. The number of hydrogen-bond donors (Lipinski definition) is 2. The summed E-state index contributed by atoms with van der Waals surface area (Å²) < 4.78 is 7.37. The van der Waals surface area contributed by atoms with Crippen LogP contribution in [0.2, 0.25) is 0 Å². The third-order valence-corrected chi connectivity index (χ3v) is 8.93. The van der Waals surface area contributed by atoms with Crippen molar-refractivity contribution in [3.05, 3.63) is 35.9 Å². The van der Waals surface area contributed by atoms with Crippen molar-refractivity contribution in [1.82, 2.24) is 24.9 Å². The van der Waals surface area contributed by atoms with Crippen LogP contribution in [0.4, 0.5) is 4.79 Å². The third kappa shape index (κ3) is 5.22. The molecule has 8 nitrogen and oxygen atoms in total. The monoisotopic (exact) mass is 507 g/mol. The Kier molecular flexibility index (Phi) is 6.21. The molecule has 0 radical (unpaired) electrons. The van der Waals surface area contributed by atoms with Crippen LogP contribution >= 0.6 is 0 Å². The van der Waals surface area contributed by atoms with Crippen molar-refractivity contribution in [2.45, 2.75) is 95.9 Å². The predicted octanol–water partition coefficient (Wildman–Crippen LogP) is 4.52. The van der Waals surface area contributed by atoms with Gasteiger partial charge in [0, 0.05) is 37.4 Å². The Bertz CT molecular complexity index is 1140. The quantitative estimate of drug-likeness (QED) is 0.621. The molecule has 0 spiro atoms. The molecule has 0 unspecified atom stereocenters. The van der Waals surface area contributed by atoms with E-state index in [0.29, 0.717) is 12.4 Å². The van der Waals surface area contributed by atoms with Crippen molar-refractivity contribution in [1.29, 1.82) is 0 Å². The van der Waals surface area contributed by atoms with E-state index in [1.165, 1.54) is 19.3 Å². The minimum absolute atomic E-state index is 0.0321. The zero-order valence-electron chi connectivity index (χ0n) is 22.5. The van der Waals surface area contributed by atoms with Crippen LogP contribution in [0.25, 0.3) is 5.52 Å². The summed E-state index contributed by atoms with van der Waals surface area (Å²) in [7, 11) is 0. The molecule has 2 aromatic rings. The van der Waals surface area contributed by atoms with Crippen LogP contribution in [-0.2, 0) is 11.3 Å². The lowest BCUT2D eigenvalue weighted by molar-refractivity contribution is -0.0169. The van der Waals surface area contributed by atoms with E-state index in [-0.39, 0.29) is 23.6 Å². The van der Waals surface area contributed by atoms with E-state index in [4.69, 9.17) is 9.72 Å². The number of carbonyl (C=O) groups is 2. The van der Waals surface area contributed by atoms with Crippen molar-refractivity contribution < 1.29 is 14.3 Å². The molecule has 4 bridgehead atoms. The fraction of sp³-hybridized carbons (Fsp3) is 0.690. The Hall–Kier alpha value is -2.61. The van der Waals surface area contributed by atoms with Gasteiger partial charge in [-0.2, -0.15) is 0 Å². The predicted molar refractivity (Wildman–Crippen MR) is 141 cm³/mol. The smallest absolute Gasteiger partial charge is 0.407 e. The largest absolute Gasteiger partial charge is 0.444 e. The number of nitrogens with zero attached hydrogens (tertiary/aromatic N) is 3. The molecule has 0 aromatic carbocycles. The van der Waals surface area contributed by atoms with E-state index in [1.54, 1.807) is 0 Å². The number of imidazole rings is 1. The molecule has 2 amide bonds. The maximum Gasteiger partial charge on any atom is 0.407 e. The molecule has 5 fully saturated rings. The van der Waals surface area contributed by atoms with Gasteiger partial charge in [0.15, 0.2) is 0 Å². The van der Waals surface area contributed by atoms with Crippen molar-refractivity contribution in [2.24, 2.45) is 17.8 Å². The molecular formula is C29H41N5O3. The van der Waals surface area contributed by atoms with Gasteiger partial charge in [-0.1, -0.05) is 6.07 Å². The summed E-state index contributed by atoms with van der Waals surface area (Å²) in [6, 6.07) is 6.15. The Labute approximate surface area is 219 Å². The highest BCUT2D eigenvalue weighted by atomic mass is 16.6. The summed E-state index contributed by atoms with van der Waals surface area (Å²) >= 11 is 0. The van der Waals surface area contributed by atoms with Crippen LogP contribution in [0.5, 0.6) is 0 Å². The lowest BCUT2D eigenvalue weighted by atomic mass is 9.53. The number of nitrogens with one attached hydrogen (secondary N) is 2. The van der Waals surface area contributed by atoms with E-state index in [0.717, 1.165) is 74.2 Å². The first-order chi connectivity index (χ1) is 17.6. The Morgan fingerprint density at radius 2 is 1.70 bits per heavy atom. The molecule has 5 aliphatic rings. The standard InChI is InChI=1S/C29H41N5O3/c1-28(2,3)37-27(36)30-22-7-10-33(11-8-22)18-23-24-6-4-5-9-34(24)25(31-23)26(35)32-29-15-19-12-20(16-29)14-21(13-19)17-29/h4-6,9,19-22H,7-8,10-18H2,1-3H3,(H,30,36)(H,32,35). The van der Waals surface area contributed by atoms with Gasteiger partial charge < -0.3 is 15.4 Å². The van der Waals surface area contributed by atoms with Gasteiger partial charge in [-0.15, -0.1) is 0 Å². The van der Waals surface area contributed by atoms with Gasteiger partial charge in [-0.05, 0) is 102 Å². The molecular weight excluding hydrogens is 466 g/mol. The van der Waals surface area contributed by atoms with Gasteiger partial charge in [0.05, 0.1) is 11.2 Å².